The highest BCUT2D eigenvalue weighted by Crippen LogP contribution is 2.29. The highest BCUT2D eigenvalue weighted by atomic mass is 16.4. The van der Waals surface area contributed by atoms with E-state index < -0.39 is 206 Å². The van der Waals surface area contributed by atoms with E-state index in [1.165, 1.54) is 19.6 Å². The van der Waals surface area contributed by atoms with Crippen LogP contribution in [0.1, 0.15) is 174 Å². The molecule has 580 valence electrons. The van der Waals surface area contributed by atoms with Crippen molar-refractivity contribution in [3.63, 3.8) is 0 Å². The number of nitrogens with zero attached hydrogens (tertiary/aromatic N) is 4. The van der Waals surface area contributed by atoms with Gasteiger partial charge in [0.2, 0.25) is 82.7 Å². The zero-order chi connectivity index (χ0) is 76.3. The fourth-order valence-electron chi connectivity index (χ4n) is 13.0. The lowest BCUT2D eigenvalue weighted by atomic mass is 10.0. The standard InChI is InChI=1S/C66H113N19O18/c1-39(2)35-46(81-58(94)42(17-5-9-29-69)76-56(92)40(71)15-3-7-27-67)61(97)79-43(23-25-51(72)86)59(95)78-44(24-26-55(90)91)60(96)77-41(16-4-8-28-68)57(93)75-38-54(89)82-31-11-19-47(82)62(98)74-36-52(87)73-37-53(88)83-32-13-21-49(83)64(100)85-34-14-22-50(85)65(101)84-33-12-20-48(84)63(99)80-45(66(102)103)18-6-10-30-70/h39-50H,3-38,67-71H2,1-2H3,(H2,72,86)(H,73,87)(H,74,98)(H,75,93)(H,76,92)(H,77,96)(H,78,95)(H,79,97)(H,80,99)(H,81,94)(H,90,91)(H,102,103)/t40-,41-,42-,43-,44-,45-,46-,47-,48-,49-,50-/m0/s1. The van der Waals surface area contributed by atoms with Crippen molar-refractivity contribution >= 4 is 94.6 Å². The zero-order valence-electron chi connectivity index (χ0n) is 59.6. The second kappa shape index (κ2) is 45.4. The molecular formula is C66H113N19O18. The summed E-state index contributed by atoms with van der Waals surface area (Å²) in [6.07, 6.45) is 5.08. The second-order valence-corrected chi connectivity index (χ2v) is 27.1. The normalized spacial score (nSPS) is 19.2. The van der Waals surface area contributed by atoms with Crippen molar-refractivity contribution in [2.75, 3.05) is 72.0 Å². The predicted molar refractivity (Wildman–Crippen MR) is 372 cm³/mol. The number of primary amides is 1. The predicted octanol–water partition coefficient (Wildman–Crippen LogP) is -5.69. The van der Waals surface area contributed by atoms with Crippen LogP contribution >= 0.6 is 0 Å². The molecule has 0 aromatic heterocycles. The molecule has 23 N–H and O–H groups in total. The summed E-state index contributed by atoms with van der Waals surface area (Å²) in [4.78, 5) is 221. The Balaban J connectivity index is 1.36. The maximum Gasteiger partial charge on any atom is 0.326 e. The van der Waals surface area contributed by atoms with Gasteiger partial charge in [-0.3, -0.25) is 71.9 Å². The van der Waals surface area contributed by atoms with E-state index in [1.54, 1.807) is 13.8 Å². The number of carboxylic acid groups (broad SMARTS) is 2. The maximum absolute atomic E-state index is 14.2. The lowest BCUT2D eigenvalue weighted by Crippen LogP contribution is -2.60. The molecule has 0 radical (unpaired) electrons. The number of unbranched alkanes of at least 4 members (excludes halogenated alkanes) is 4. The van der Waals surface area contributed by atoms with Crippen LogP contribution in [0.25, 0.3) is 0 Å². The first-order valence-electron chi connectivity index (χ1n) is 36.2. The number of carbonyl (C=O) groups is 16. The smallest absolute Gasteiger partial charge is 0.326 e. The van der Waals surface area contributed by atoms with Crippen LogP contribution in [0.4, 0.5) is 0 Å². The Morgan fingerprint density at radius 3 is 1.25 bits per heavy atom. The fraction of sp³-hybridized carbons (Fsp3) is 0.758. The molecule has 4 fully saturated rings. The molecule has 0 saturated carbocycles. The Morgan fingerprint density at radius 2 is 0.777 bits per heavy atom. The Hall–Kier alpha value is -8.68. The number of aliphatic carboxylic acids is 2. The Morgan fingerprint density at radius 1 is 0.398 bits per heavy atom. The van der Waals surface area contributed by atoms with E-state index in [0.29, 0.717) is 110 Å². The molecular weight excluding hydrogens is 1350 g/mol. The molecule has 37 nitrogen and oxygen atoms in total. The first-order chi connectivity index (χ1) is 49.1. The molecule has 0 aliphatic carbocycles. The van der Waals surface area contributed by atoms with Crippen molar-refractivity contribution in [3.8, 4) is 0 Å². The molecule has 0 aromatic carbocycles. The molecule has 0 aromatic rings. The Kier molecular flexibility index (Phi) is 38.2. The van der Waals surface area contributed by atoms with Crippen molar-refractivity contribution in [2.24, 2.45) is 40.3 Å². The number of nitrogens with two attached hydrogens (primary N) is 6. The molecule has 4 rings (SSSR count). The van der Waals surface area contributed by atoms with Gasteiger partial charge in [-0.05, 0) is 173 Å². The number of nitrogens with one attached hydrogen (secondary N) is 9. The van der Waals surface area contributed by atoms with Gasteiger partial charge in [-0.15, -0.1) is 0 Å². The minimum absolute atomic E-state index is 0.0180. The van der Waals surface area contributed by atoms with Gasteiger partial charge in [0, 0.05) is 39.0 Å². The number of hydrogen-bond donors (Lipinski definition) is 17. The lowest BCUT2D eigenvalue weighted by molar-refractivity contribution is -0.150. The number of carboxylic acids is 2. The van der Waals surface area contributed by atoms with Crippen LogP contribution in [-0.2, 0) is 76.7 Å². The van der Waals surface area contributed by atoms with Crippen LogP contribution < -0.4 is 82.3 Å². The van der Waals surface area contributed by atoms with Gasteiger partial charge in [-0.2, -0.15) is 0 Å². The molecule has 14 amide bonds. The number of amides is 14. The van der Waals surface area contributed by atoms with E-state index in [2.05, 4.69) is 47.9 Å². The van der Waals surface area contributed by atoms with Gasteiger partial charge in [-0.1, -0.05) is 20.3 Å². The van der Waals surface area contributed by atoms with Gasteiger partial charge in [0.25, 0.3) is 0 Å². The average molecular weight is 1460 g/mol. The molecule has 37 heteroatoms. The molecule has 0 spiro atoms. The third kappa shape index (κ3) is 28.8. The van der Waals surface area contributed by atoms with Gasteiger partial charge in [0.15, 0.2) is 0 Å². The van der Waals surface area contributed by atoms with Gasteiger partial charge < -0.3 is 112 Å². The zero-order valence-corrected chi connectivity index (χ0v) is 59.6. The van der Waals surface area contributed by atoms with Crippen LogP contribution in [0.15, 0.2) is 0 Å². The summed E-state index contributed by atoms with van der Waals surface area (Å²) in [5, 5.41) is 42.2. The monoisotopic (exact) mass is 1460 g/mol. The van der Waals surface area contributed by atoms with Crippen LogP contribution in [0.3, 0.4) is 0 Å². The number of carbonyl (C=O) groups excluding carboxylic acids is 14. The number of rotatable bonds is 47. The third-order valence-corrected chi connectivity index (χ3v) is 18.6. The summed E-state index contributed by atoms with van der Waals surface area (Å²) in [5.74, 6) is -13.3. The second-order valence-electron chi connectivity index (χ2n) is 27.1. The molecule has 0 unspecified atom stereocenters. The Labute approximate surface area is 600 Å². The molecule has 103 heavy (non-hydrogen) atoms. The molecule has 4 aliphatic heterocycles. The van der Waals surface area contributed by atoms with E-state index in [1.807, 2.05) is 0 Å². The van der Waals surface area contributed by atoms with Crippen LogP contribution in [0, 0.1) is 5.92 Å². The summed E-state index contributed by atoms with van der Waals surface area (Å²) >= 11 is 0. The van der Waals surface area contributed by atoms with Gasteiger partial charge in [0.1, 0.15) is 60.4 Å². The topological polar surface area (TPSA) is 591 Å². The summed E-state index contributed by atoms with van der Waals surface area (Å²) < 4.78 is 0. The summed E-state index contributed by atoms with van der Waals surface area (Å²) in [6, 6.07) is -13.2. The van der Waals surface area contributed by atoms with E-state index in [-0.39, 0.29) is 83.6 Å². The molecule has 11 atom stereocenters. The SMILES string of the molecule is CC(C)C[C@H](NC(=O)[C@H](CCCCN)NC(=O)[C@@H](N)CCCCN)C(=O)N[C@@H](CCC(N)=O)C(=O)N[C@@H](CCC(=O)O)C(=O)N[C@@H](CCCCN)C(=O)NCC(=O)N1CCC[C@H]1C(=O)NCC(=O)NCC(=O)N1CCC[C@H]1C(=O)N1CCC[C@H]1C(=O)N1CCC[C@H]1C(=O)N[C@@H](CCCCN)C(=O)O. The van der Waals surface area contributed by atoms with Crippen molar-refractivity contribution in [2.45, 2.75) is 241 Å². The fourth-order valence-corrected chi connectivity index (χ4v) is 13.0. The van der Waals surface area contributed by atoms with Gasteiger partial charge in [-0.25, -0.2) is 4.79 Å². The summed E-state index contributed by atoms with van der Waals surface area (Å²) in [7, 11) is 0. The van der Waals surface area contributed by atoms with Crippen LogP contribution in [0.5, 0.6) is 0 Å². The molecule has 4 heterocycles. The van der Waals surface area contributed by atoms with Crippen molar-refractivity contribution in [1.82, 2.24) is 67.5 Å². The molecule has 0 bridgehead atoms. The van der Waals surface area contributed by atoms with E-state index >= 15 is 0 Å². The van der Waals surface area contributed by atoms with Gasteiger partial charge >= 0.3 is 11.9 Å². The van der Waals surface area contributed by atoms with E-state index in [9.17, 15) is 86.9 Å². The van der Waals surface area contributed by atoms with Crippen LogP contribution in [0.2, 0.25) is 0 Å². The van der Waals surface area contributed by atoms with Crippen LogP contribution in [-0.4, -0.2) is 263 Å². The first-order valence-corrected chi connectivity index (χ1v) is 36.2. The van der Waals surface area contributed by atoms with E-state index in [4.69, 9.17) is 34.4 Å². The Bertz CT molecular complexity index is 2930. The number of likely N-dealkylation sites (tertiary alicyclic amines) is 4. The van der Waals surface area contributed by atoms with Crippen molar-refractivity contribution in [1.29, 1.82) is 0 Å². The van der Waals surface area contributed by atoms with E-state index in [0.717, 1.165) is 0 Å². The summed E-state index contributed by atoms with van der Waals surface area (Å²) in [6.45, 7) is 3.63. The first kappa shape index (κ1) is 86.7. The maximum atomic E-state index is 14.2. The highest BCUT2D eigenvalue weighted by Gasteiger charge is 2.47. The van der Waals surface area contributed by atoms with Crippen molar-refractivity contribution in [3.05, 3.63) is 0 Å². The highest BCUT2D eigenvalue weighted by molar-refractivity contribution is 6.00. The minimum Gasteiger partial charge on any atom is -0.481 e. The van der Waals surface area contributed by atoms with Gasteiger partial charge in [0.05, 0.1) is 25.7 Å². The molecule has 4 aliphatic rings. The minimum atomic E-state index is -1.69. The number of hydrogen-bond acceptors (Lipinski definition) is 21. The third-order valence-electron chi connectivity index (χ3n) is 18.6. The average Bonchev–Trinajstić information content (AvgIpc) is 1.66. The molecule has 4 saturated heterocycles. The van der Waals surface area contributed by atoms with Crippen molar-refractivity contribution < 1.29 is 86.9 Å². The lowest BCUT2D eigenvalue weighted by Gasteiger charge is -2.34. The largest absolute Gasteiger partial charge is 0.481 e. The quantitative estimate of drug-likeness (QED) is 0.0253. The summed E-state index contributed by atoms with van der Waals surface area (Å²) in [5.41, 5.74) is 34.1.